The Morgan fingerprint density at radius 3 is 2.75 bits per heavy atom. The number of anilines is 1. The zero-order valence-corrected chi connectivity index (χ0v) is 11.7. The molecule has 106 valence electrons. The number of hydrogen-bond donors (Lipinski definition) is 1. The highest BCUT2D eigenvalue weighted by molar-refractivity contribution is 5.39. The highest BCUT2D eigenvalue weighted by Gasteiger charge is 2.19. The smallest absolute Gasteiger partial charge is 0.250 e. The van der Waals surface area contributed by atoms with E-state index in [-0.39, 0.29) is 0 Å². The van der Waals surface area contributed by atoms with Crippen molar-refractivity contribution < 1.29 is 0 Å². The number of aromatic nitrogens is 4. The van der Waals surface area contributed by atoms with E-state index in [0.717, 1.165) is 31.3 Å². The average molecular weight is 272 g/mol. The van der Waals surface area contributed by atoms with Crippen LogP contribution >= 0.6 is 0 Å². The van der Waals surface area contributed by atoms with E-state index < -0.39 is 0 Å². The van der Waals surface area contributed by atoms with E-state index in [0.29, 0.717) is 5.92 Å². The van der Waals surface area contributed by atoms with Crippen molar-refractivity contribution in [1.29, 1.82) is 0 Å². The van der Waals surface area contributed by atoms with Crippen LogP contribution < -0.4 is 10.2 Å². The summed E-state index contributed by atoms with van der Waals surface area (Å²) in [5.74, 6) is 1.51. The van der Waals surface area contributed by atoms with Crippen LogP contribution in [0.2, 0.25) is 0 Å². The number of nitrogens with zero attached hydrogens (tertiary/aromatic N) is 5. The molecule has 2 aromatic rings. The Hall–Kier alpha value is -1.95. The third kappa shape index (κ3) is 2.80. The minimum atomic E-state index is 0.710. The monoisotopic (exact) mass is 272 g/mol. The Morgan fingerprint density at radius 2 is 2.00 bits per heavy atom. The van der Waals surface area contributed by atoms with Gasteiger partial charge in [0.05, 0.1) is 5.69 Å². The van der Waals surface area contributed by atoms with Crippen LogP contribution in [0.1, 0.15) is 12.8 Å². The average Bonchev–Trinajstić information content (AvgIpc) is 2.99. The van der Waals surface area contributed by atoms with Gasteiger partial charge in [-0.3, -0.25) is 0 Å². The topological polar surface area (TPSA) is 58.9 Å². The van der Waals surface area contributed by atoms with Gasteiger partial charge >= 0.3 is 0 Å². The van der Waals surface area contributed by atoms with Crippen LogP contribution in [0.15, 0.2) is 30.3 Å². The Kier molecular flexibility index (Phi) is 3.92. The molecule has 0 amide bonds. The second-order valence-corrected chi connectivity index (χ2v) is 5.30. The van der Waals surface area contributed by atoms with E-state index in [1.54, 1.807) is 4.68 Å². The van der Waals surface area contributed by atoms with E-state index in [2.05, 4.69) is 32.8 Å². The number of hydrogen-bond acceptors (Lipinski definition) is 5. The molecular weight excluding hydrogens is 252 g/mol. The molecule has 1 aliphatic heterocycles. The molecule has 0 bridgehead atoms. The fraction of sp³-hybridized carbons (Fsp3) is 0.500. The van der Waals surface area contributed by atoms with Crippen molar-refractivity contribution >= 4 is 5.95 Å². The van der Waals surface area contributed by atoms with Gasteiger partial charge in [0.25, 0.3) is 0 Å². The van der Waals surface area contributed by atoms with E-state index in [1.807, 2.05) is 30.3 Å². The van der Waals surface area contributed by atoms with Crippen LogP contribution in [0.25, 0.3) is 5.69 Å². The largest absolute Gasteiger partial charge is 0.342 e. The van der Waals surface area contributed by atoms with Crippen molar-refractivity contribution in [2.45, 2.75) is 12.8 Å². The number of tetrazole rings is 1. The summed E-state index contributed by atoms with van der Waals surface area (Å²) in [7, 11) is 2.06. The molecule has 0 aliphatic carbocycles. The first-order valence-corrected chi connectivity index (χ1v) is 7.10. The van der Waals surface area contributed by atoms with Gasteiger partial charge in [0.15, 0.2) is 0 Å². The normalized spacial score (nSPS) is 16.2. The van der Waals surface area contributed by atoms with Crippen molar-refractivity contribution in [1.82, 2.24) is 25.5 Å². The first kappa shape index (κ1) is 13.1. The summed E-state index contributed by atoms with van der Waals surface area (Å²) in [6.07, 6.45) is 2.44. The summed E-state index contributed by atoms with van der Waals surface area (Å²) < 4.78 is 1.79. The molecule has 6 nitrogen and oxygen atoms in total. The Bertz CT molecular complexity index is 532. The predicted octanol–water partition coefficient (Wildman–Crippen LogP) is 1.10. The zero-order chi connectivity index (χ0) is 13.8. The van der Waals surface area contributed by atoms with Crippen molar-refractivity contribution in [3.8, 4) is 5.69 Å². The number of para-hydroxylation sites is 1. The summed E-state index contributed by atoms with van der Waals surface area (Å²) in [4.78, 5) is 2.16. The highest BCUT2D eigenvalue weighted by Crippen LogP contribution is 2.18. The van der Waals surface area contributed by atoms with Crippen LogP contribution in [0.5, 0.6) is 0 Å². The molecule has 6 heteroatoms. The van der Waals surface area contributed by atoms with Gasteiger partial charge in [-0.25, -0.2) is 0 Å². The van der Waals surface area contributed by atoms with Crippen molar-refractivity contribution in [2.24, 2.45) is 5.92 Å². The second-order valence-electron chi connectivity index (χ2n) is 5.30. The lowest BCUT2D eigenvalue weighted by atomic mass is 9.98. The van der Waals surface area contributed by atoms with Crippen LogP contribution in [0.3, 0.4) is 0 Å². The molecule has 0 unspecified atom stereocenters. The lowest BCUT2D eigenvalue weighted by Crippen LogP contribution is -2.35. The fourth-order valence-corrected chi connectivity index (χ4v) is 2.69. The minimum absolute atomic E-state index is 0.710. The number of benzene rings is 1. The van der Waals surface area contributed by atoms with Crippen molar-refractivity contribution in [3.05, 3.63) is 30.3 Å². The van der Waals surface area contributed by atoms with Crippen LogP contribution in [-0.2, 0) is 0 Å². The molecule has 1 aromatic carbocycles. The van der Waals surface area contributed by atoms with Gasteiger partial charge in [-0.2, -0.15) is 4.68 Å². The summed E-state index contributed by atoms with van der Waals surface area (Å²) in [6, 6.07) is 10.0. The molecule has 1 aromatic heterocycles. The second kappa shape index (κ2) is 6.00. The van der Waals surface area contributed by atoms with Gasteiger partial charge in [-0.1, -0.05) is 23.3 Å². The van der Waals surface area contributed by atoms with E-state index >= 15 is 0 Å². The van der Waals surface area contributed by atoms with Gasteiger partial charge in [0.2, 0.25) is 5.95 Å². The van der Waals surface area contributed by atoms with E-state index in [4.69, 9.17) is 0 Å². The molecule has 0 spiro atoms. The molecule has 20 heavy (non-hydrogen) atoms. The lowest BCUT2D eigenvalue weighted by molar-refractivity contribution is 0.376. The molecule has 1 saturated heterocycles. The van der Waals surface area contributed by atoms with Crippen LogP contribution in [-0.4, -0.2) is 46.9 Å². The van der Waals surface area contributed by atoms with Gasteiger partial charge in [-0.15, -0.1) is 0 Å². The number of rotatable bonds is 4. The predicted molar refractivity (Wildman–Crippen MR) is 78.0 cm³/mol. The molecule has 0 atom stereocenters. The van der Waals surface area contributed by atoms with Crippen molar-refractivity contribution in [3.63, 3.8) is 0 Å². The first-order chi connectivity index (χ1) is 9.84. The molecule has 3 rings (SSSR count). The van der Waals surface area contributed by atoms with Gasteiger partial charge in [0, 0.05) is 13.6 Å². The maximum atomic E-state index is 4.17. The standard InChI is InChI=1S/C14H20N6/c1-19(11-12-7-9-15-10-8-12)14-16-17-18-20(14)13-5-3-2-4-6-13/h2-6,12,15H,7-11H2,1H3. The fourth-order valence-electron chi connectivity index (χ4n) is 2.69. The SMILES string of the molecule is CN(CC1CCNCC1)c1nnnn1-c1ccccc1. The molecule has 1 aliphatic rings. The molecule has 1 N–H and O–H groups in total. The third-order valence-corrected chi connectivity index (χ3v) is 3.79. The maximum absolute atomic E-state index is 4.17. The summed E-state index contributed by atoms with van der Waals surface area (Å²) >= 11 is 0. The van der Waals surface area contributed by atoms with Crippen LogP contribution in [0.4, 0.5) is 5.95 Å². The molecule has 0 saturated carbocycles. The minimum Gasteiger partial charge on any atom is -0.342 e. The Balaban J connectivity index is 1.75. The highest BCUT2D eigenvalue weighted by atomic mass is 15.6. The first-order valence-electron chi connectivity index (χ1n) is 7.10. The van der Waals surface area contributed by atoms with Gasteiger partial charge in [0.1, 0.15) is 0 Å². The number of nitrogens with one attached hydrogen (secondary N) is 1. The van der Waals surface area contributed by atoms with Crippen molar-refractivity contribution in [2.75, 3.05) is 31.6 Å². The molecule has 0 radical (unpaired) electrons. The molecular formula is C14H20N6. The summed E-state index contributed by atoms with van der Waals surface area (Å²) in [6.45, 7) is 3.22. The van der Waals surface area contributed by atoms with Gasteiger partial charge < -0.3 is 10.2 Å². The summed E-state index contributed by atoms with van der Waals surface area (Å²) in [5, 5.41) is 15.5. The zero-order valence-electron chi connectivity index (χ0n) is 11.7. The van der Waals surface area contributed by atoms with Gasteiger partial charge in [-0.05, 0) is 54.4 Å². The van der Waals surface area contributed by atoms with E-state index in [1.165, 1.54) is 12.8 Å². The molecule has 1 fully saturated rings. The number of piperidine rings is 1. The Labute approximate surface area is 118 Å². The van der Waals surface area contributed by atoms with Crippen LogP contribution in [0, 0.1) is 5.92 Å². The maximum Gasteiger partial charge on any atom is 0.250 e. The van der Waals surface area contributed by atoms with E-state index in [9.17, 15) is 0 Å². The third-order valence-electron chi connectivity index (χ3n) is 3.79. The summed E-state index contributed by atoms with van der Waals surface area (Å²) in [5.41, 5.74) is 0.990. The lowest BCUT2D eigenvalue weighted by Gasteiger charge is -2.27. The quantitative estimate of drug-likeness (QED) is 0.903. The Morgan fingerprint density at radius 1 is 1.25 bits per heavy atom. The molecule has 2 heterocycles.